The zero-order valence-electron chi connectivity index (χ0n) is 13.1. The Morgan fingerprint density at radius 3 is 2.71 bits per heavy atom. The maximum atomic E-state index is 12.7. The van der Waals surface area contributed by atoms with Crippen molar-refractivity contribution in [3.05, 3.63) is 42.4 Å². The van der Waals surface area contributed by atoms with Gasteiger partial charge in [0.1, 0.15) is 0 Å². The van der Waals surface area contributed by atoms with Gasteiger partial charge in [0.05, 0.1) is 11.6 Å². The fraction of sp³-hybridized carbons (Fsp3) is 0.389. The van der Waals surface area contributed by atoms with E-state index in [0.29, 0.717) is 30.8 Å². The molecule has 24 heavy (non-hydrogen) atoms. The van der Waals surface area contributed by atoms with Crippen LogP contribution in [0.1, 0.15) is 29.6 Å². The predicted octanol–water partition coefficient (Wildman–Crippen LogP) is 2.67. The van der Waals surface area contributed by atoms with Crippen molar-refractivity contribution in [1.29, 1.82) is 0 Å². The number of hydrogen-bond acceptors (Lipinski definition) is 4. The highest BCUT2D eigenvalue weighted by Gasteiger charge is 2.55. The van der Waals surface area contributed by atoms with Crippen molar-refractivity contribution in [3.8, 4) is 11.3 Å². The molecule has 2 aliphatic rings. The number of aromatic nitrogens is 1. The first-order valence-electron chi connectivity index (χ1n) is 8.12. The van der Waals surface area contributed by atoms with E-state index in [9.17, 15) is 14.7 Å². The first kappa shape index (κ1) is 14.9. The molecular weight excluding hydrogens is 308 g/mol. The average Bonchev–Trinajstić information content (AvgIpc) is 3.29. The number of oxazole rings is 1. The largest absolute Gasteiger partial charge is 0.481 e. The van der Waals surface area contributed by atoms with Crippen LogP contribution in [0.5, 0.6) is 0 Å². The fourth-order valence-corrected chi connectivity index (χ4v) is 4.11. The van der Waals surface area contributed by atoms with E-state index in [1.165, 1.54) is 6.39 Å². The summed E-state index contributed by atoms with van der Waals surface area (Å²) in [5.74, 6) is -0.142. The van der Waals surface area contributed by atoms with Gasteiger partial charge in [0, 0.05) is 24.2 Å². The molecule has 1 aromatic heterocycles. The van der Waals surface area contributed by atoms with E-state index >= 15 is 0 Å². The van der Waals surface area contributed by atoms with Crippen LogP contribution in [-0.2, 0) is 4.79 Å². The van der Waals surface area contributed by atoms with Gasteiger partial charge in [-0.2, -0.15) is 0 Å². The van der Waals surface area contributed by atoms with Crippen LogP contribution in [-0.4, -0.2) is 40.0 Å². The maximum Gasteiger partial charge on any atom is 0.311 e. The third-order valence-corrected chi connectivity index (χ3v) is 5.43. The lowest BCUT2D eigenvalue weighted by Crippen LogP contribution is -2.37. The van der Waals surface area contributed by atoms with Gasteiger partial charge in [-0.1, -0.05) is 18.6 Å². The SMILES string of the molecule is O=C(c1ccc(-c2cnco2)cc1)N1C[C@@H]2CCC[C@@]2(C(=O)O)C1. The Morgan fingerprint density at radius 1 is 1.29 bits per heavy atom. The van der Waals surface area contributed by atoms with Crippen LogP contribution >= 0.6 is 0 Å². The Hall–Kier alpha value is -2.63. The average molecular weight is 326 g/mol. The summed E-state index contributed by atoms with van der Waals surface area (Å²) in [5, 5.41) is 9.63. The van der Waals surface area contributed by atoms with Gasteiger partial charge in [-0.05, 0) is 30.9 Å². The van der Waals surface area contributed by atoms with Gasteiger partial charge in [-0.15, -0.1) is 0 Å². The highest BCUT2D eigenvalue weighted by Crippen LogP contribution is 2.49. The number of nitrogens with zero attached hydrogens (tertiary/aromatic N) is 2. The van der Waals surface area contributed by atoms with E-state index in [1.807, 2.05) is 12.1 Å². The van der Waals surface area contributed by atoms with Crippen molar-refractivity contribution < 1.29 is 19.1 Å². The van der Waals surface area contributed by atoms with E-state index in [4.69, 9.17) is 4.42 Å². The van der Waals surface area contributed by atoms with E-state index in [0.717, 1.165) is 18.4 Å². The molecule has 1 amide bonds. The molecule has 2 aromatic rings. The normalized spacial score (nSPS) is 25.7. The summed E-state index contributed by atoms with van der Waals surface area (Å²) in [5.41, 5.74) is 0.679. The Labute approximate surface area is 139 Å². The minimum Gasteiger partial charge on any atom is -0.481 e. The first-order chi connectivity index (χ1) is 11.6. The van der Waals surface area contributed by atoms with Gasteiger partial charge in [0.15, 0.2) is 12.2 Å². The van der Waals surface area contributed by atoms with Crippen molar-refractivity contribution >= 4 is 11.9 Å². The molecule has 6 heteroatoms. The standard InChI is InChI=1S/C18H18N2O4/c21-16(13-5-3-12(4-6-13)15-8-19-11-24-15)20-9-14-2-1-7-18(14,10-20)17(22)23/h3-6,8,11,14H,1-2,7,9-10H2,(H,22,23)/t14-,18+/m0/s1. The van der Waals surface area contributed by atoms with Gasteiger partial charge in [0.25, 0.3) is 5.91 Å². The summed E-state index contributed by atoms with van der Waals surface area (Å²) in [4.78, 5) is 30.0. The van der Waals surface area contributed by atoms with Crippen LogP contribution in [0.15, 0.2) is 41.3 Å². The molecule has 1 saturated heterocycles. The molecule has 1 aliphatic carbocycles. The topological polar surface area (TPSA) is 83.6 Å². The lowest BCUT2D eigenvalue weighted by Gasteiger charge is -2.23. The van der Waals surface area contributed by atoms with Gasteiger partial charge in [-0.3, -0.25) is 9.59 Å². The Morgan fingerprint density at radius 2 is 2.08 bits per heavy atom. The highest BCUT2D eigenvalue weighted by molar-refractivity contribution is 5.95. The number of carbonyl (C=O) groups is 2. The molecule has 2 atom stereocenters. The molecule has 2 fully saturated rings. The summed E-state index contributed by atoms with van der Waals surface area (Å²) < 4.78 is 5.24. The fourth-order valence-electron chi connectivity index (χ4n) is 4.11. The van der Waals surface area contributed by atoms with E-state index in [1.54, 1.807) is 23.2 Å². The van der Waals surface area contributed by atoms with Crippen molar-refractivity contribution in [2.75, 3.05) is 13.1 Å². The van der Waals surface area contributed by atoms with Crippen molar-refractivity contribution in [1.82, 2.24) is 9.88 Å². The second kappa shape index (κ2) is 5.47. The quantitative estimate of drug-likeness (QED) is 0.937. The monoisotopic (exact) mass is 326 g/mol. The van der Waals surface area contributed by atoms with E-state index < -0.39 is 11.4 Å². The van der Waals surface area contributed by atoms with Crippen molar-refractivity contribution in [2.45, 2.75) is 19.3 Å². The van der Waals surface area contributed by atoms with Crippen LogP contribution < -0.4 is 0 Å². The lowest BCUT2D eigenvalue weighted by atomic mass is 9.81. The number of carboxylic acids is 1. The van der Waals surface area contributed by atoms with Gasteiger partial charge < -0.3 is 14.4 Å². The number of fused-ring (bicyclic) bond motifs is 1. The van der Waals surface area contributed by atoms with Crippen molar-refractivity contribution in [2.24, 2.45) is 11.3 Å². The van der Waals surface area contributed by atoms with E-state index in [2.05, 4.69) is 4.98 Å². The number of hydrogen-bond donors (Lipinski definition) is 1. The van der Waals surface area contributed by atoms with Crippen LogP contribution in [0.3, 0.4) is 0 Å². The lowest BCUT2D eigenvalue weighted by molar-refractivity contribution is -0.149. The molecule has 6 nitrogen and oxygen atoms in total. The van der Waals surface area contributed by atoms with Gasteiger partial charge in [-0.25, -0.2) is 4.98 Å². The van der Waals surface area contributed by atoms with Gasteiger partial charge in [0.2, 0.25) is 0 Å². The number of amides is 1. The third-order valence-electron chi connectivity index (χ3n) is 5.43. The molecule has 2 heterocycles. The second-order valence-corrected chi connectivity index (χ2v) is 6.68. The van der Waals surface area contributed by atoms with Crippen LogP contribution in [0.4, 0.5) is 0 Å². The summed E-state index contributed by atoms with van der Waals surface area (Å²) in [7, 11) is 0. The molecule has 124 valence electrons. The van der Waals surface area contributed by atoms with E-state index in [-0.39, 0.29) is 11.8 Å². The molecule has 1 aliphatic heterocycles. The second-order valence-electron chi connectivity index (χ2n) is 6.68. The molecule has 1 aromatic carbocycles. The number of rotatable bonds is 3. The molecule has 1 N–H and O–H groups in total. The molecule has 0 unspecified atom stereocenters. The minimum atomic E-state index is -0.763. The molecular formula is C18H18N2O4. The maximum absolute atomic E-state index is 12.7. The number of carbonyl (C=O) groups excluding carboxylic acids is 1. The highest BCUT2D eigenvalue weighted by atomic mass is 16.4. The number of benzene rings is 1. The smallest absolute Gasteiger partial charge is 0.311 e. The minimum absolute atomic E-state index is 0.0763. The number of likely N-dealkylation sites (tertiary alicyclic amines) is 1. The molecule has 1 saturated carbocycles. The van der Waals surface area contributed by atoms with Gasteiger partial charge >= 0.3 is 5.97 Å². The van der Waals surface area contributed by atoms with Crippen LogP contribution in [0.25, 0.3) is 11.3 Å². The Bertz CT molecular complexity index is 769. The molecule has 0 radical (unpaired) electrons. The Balaban J connectivity index is 1.53. The summed E-state index contributed by atoms with van der Waals surface area (Å²) >= 11 is 0. The Kier molecular flexibility index (Phi) is 3.40. The zero-order valence-corrected chi connectivity index (χ0v) is 13.1. The molecule has 4 rings (SSSR count). The number of carboxylic acid groups (broad SMARTS) is 1. The summed E-state index contributed by atoms with van der Waals surface area (Å²) in [6, 6.07) is 7.14. The van der Waals surface area contributed by atoms with Crippen LogP contribution in [0.2, 0.25) is 0 Å². The summed E-state index contributed by atoms with van der Waals surface area (Å²) in [6.07, 6.45) is 5.48. The van der Waals surface area contributed by atoms with Crippen molar-refractivity contribution in [3.63, 3.8) is 0 Å². The summed E-state index contributed by atoms with van der Waals surface area (Å²) in [6.45, 7) is 0.852. The molecule has 0 bridgehead atoms. The molecule has 0 spiro atoms. The predicted molar refractivity (Wildman–Crippen MR) is 85.3 cm³/mol. The third kappa shape index (κ3) is 2.21. The number of aliphatic carboxylic acids is 1. The zero-order chi connectivity index (χ0) is 16.7. The first-order valence-corrected chi connectivity index (χ1v) is 8.12. The van der Waals surface area contributed by atoms with Crippen LogP contribution in [0, 0.1) is 11.3 Å².